The maximum Gasteiger partial charge on any atom is 0.00590 e. The van der Waals surface area contributed by atoms with Crippen LogP contribution in [0.5, 0.6) is 0 Å². The van der Waals surface area contributed by atoms with Gasteiger partial charge in [0, 0.05) is 42.4 Å². The summed E-state index contributed by atoms with van der Waals surface area (Å²) >= 11 is 1.97. The molecule has 1 rings (SSSR count). The van der Waals surface area contributed by atoms with Crippen molar-refractivity contribution in [1.29, 1.82) is 0 Å². The molecule has 0 aromatic carbocycles. The third kappa shape index (κ3) is 6.83. The second-order valence-electron chi connectivity index (χ2n) is 2.78. The maximum absolute atomic E-state index is 5.79. The minimum atomic E-state index is 0. The van der Waals surface area contributed by atoms with Crippen LogP contribution in [0.4, 0.5) is 0 Å². The van der Waals surface area contributed by atoms with E-state index in [0.717, 1.165) is 5.25 Å². The number of rotatable bonds is 1. The molecule has 0 aliphatic heterocycles. The predicted octanol–water partition coefficient (Wildman–Crippen LogP) is 2.46. The van der Waals surface area contributed by atoms with Crippen LogP contribution in [0.1, 0.15) is 32.6 Å². The molecule has 12 heavy (non-hydrogen) atoms. The summed E-state index contributed by atoms with van der Waals surface area (Å²) in [6.45, 7) is 5.00. The fraction of sp³-hybridized carbons (Fsp3) is 0.889. The second-order valence-corrected chi connectivity index (χ2v) is 3.92. The van der Waals surface area contributed by atoms with Crippen LogP contribution in [0, 0.1) is 38.0 Å². The van der Waals surface area contributed by atoms with Crippen LogP contribution in [0.3, 0.4) is 0 Å². The van der Waals surface area contributed by atoms with Gasteiger partial charge in [0.1, 0.15) is 0 Å². The van der Waals surface area contributed by atoms with E-state index >= 15 is 0 Å². The second kappa shape index (κ2) is 10.4. The third-order valence-electron chi connectivity index (χ3n) is 2.00. The van der Waals surface area contributed by atoms with Crippen molar-refractivity contribution in [2.75, 3.05) is 6.26 Å². The Balaban J connectivity index is 0. The smallest absolute Gasteiger partial charge is 0.00590 e. The van der Waals surface area contributed by atoms with Crippen LogP contribution in [0.25, 0.3) is 0 Å². The van der Waals surface area contributed by atoms with E-state index < -0.39 is 0 Å². The van der Waals surface area contributed by atoms with Gasteiger partial charge in [0.2, 0.25) is 0 Å². The SMILES string of the molecule is CSC1CCCC(N)C1.[CH2-]C.[U]. The molecule has 2 N–H and O–H groups in total. The molecule has 0 saturated heterocycles. The van der Waals surface area contributed by atoms with E-state index in [1.807, 2.05) is 11.8 Å². The summed E-state index contributed by atoms with van der Waals surface area (Å²) in [5.41, 5.74) is 5.79. The van der Waals surface area contributed by atoms with Gasteiger partial charge in [-0.2, -0.15) is 18.7 Å². The van der Waals surface area contributed by atoms with Crippen molar-refractivity contribution in [1.82, 2.24) is 0 Å². The van der Waals surface area contributed by atoms with Gasteiger partial charge in [0.25, 0.3) is 0 Å². The maximum atomic E-state index is 5.79. The Bertz CT molecular complexity index is 90.6. The number of nitrogens with two attached hydrogens (primary N) is 1. The van der Waals surface area contributed by atoms with Crippen LogP contribution < -0.4 is 5.73 Å². The van der Waals surface area contributed by atoms with E-state index in [-0.39, 0.29) is 31.1 Å². The van der Waals surface area contributed by atoms with Gasteiger partial charge in [-0.25, -0.2) is 0 Å². The molecule has 1 saturated carbocycles. The summed E-state index contributed by atoms with van der Waals surface area (Å²) in [6.07, 6.45) is 7.39. The molecular weight excluding hydrogens is 392 g/mol. The van der Waals surface area contributed by atoms with Crippen molar-refractivity contribution in [3.05, 3.63) is 6.92 Å². The van der Waals surface area contributed by atoms with Crippen LogP contribution in [0.15, 0.2) is 0 Å². The first-order chi connectivity index (χ1) is 5.33. The summed E-state index contributed by atoms with van der Waals surface area (Å²) in [5, 5.41) is 0.855. The first-order valence-electron chi connectivity index (χ1n) is 4.32. The minimum Gasteiger partial charge on any atom is -0.346 e. The molecule has 0 aromatic heterocycles. The van der Waals surface area contributed by atoms with Gasteiger partial charge in [-0.05, 0) is 25.5 Å². The van der Waals surface area contributed by atoms with Gasteiger partial charge in [-0.3, -0.25) is 0 Å². The molecule has 0 bridgehead atoms. The fourth-order valence-corrected chi connectivity index (χ4v) is 2.24. The Hall–Kier alpha value is 1.36. The summed E-state index contributed by atoms with van der Waals surface area (Å²) in [7, 11) is 0. The van der Waals surface area contributed by atoms with Gasteiger partial charge in [0.05, 0.1) is 0 Å². The average Bonchev–Trinajstić information content (AvgIpc) is 2.08. The summed E-state index contributed by atoms with van der Waals surface area (Å²) in [5.74, 6) is 0. The van der Waals surface area contributed by atoms with Crippen molar-refractivity contribution in [3.63, 3.8) is 0 Å². The van der Waals surface area contributed by atoms with Crippen molar-refractivity contribution < 1.29 is 31.1 Å². The van der Waals surface area contributed by atoms with E-state index in [4.69, 9.17) is 5.73 Å². The predicted molar refractivity (Wildman–Crippen MR) is 54.8 cm³/mol. The molecule has 1 aliphatic rings. The molecule has 72 valence electrons. The molecule has 2 atom stereocenters. The zero-order chi connectivity index (χ0) is 8.69. The first kappa shape index (κ1) is 15.8. The number of hydrogen-bond donors (Lipinski definition) is 1. The molecule has 1 aliphatic carbocycles. The van der Waals surface area contributed by atoms with E-state index in [1.165, 1.54) is 25.7 Å². The molecule has 0 heterocycles. The van der Waals surface area contributed by atoms with Gasteiger partial charge < -0.3 is 12.7 Å². The van der Waals surface area contributed by atoms with Crippen molar-refractivity contribution in [2.45, 2.75) is 43.9 Å². The zero-order valence-corrected chi connectivity index (χ0v) is 13.2. The molecule has 0 amide bonds. The van der Waals surface area contributed by atoms with Crippen molar-refractivity contribution in [3.8, 4) is 0 Å². The fourth-order valence-electron chi connectivity index (χ4n) is 1.40. The van der Waals surface area contributed by atoms with Crippen LogP contribution in [0.2, 0.25) is 0 Å². The molecule has 1 fully saturated rings. The molecule has 2 unspecified atom stereocenters. The molecule has 0 aromatic rings. The monoisotopic (exact) mass is 412 g/mol. The molecule has 3 heteroatoms. The molecule has 1 nitrogen and oxygen atoms in total. The van der Waals surface area contributed by atoms with Gasteiger partial charge in [0.15, 0.2) is 0 Å². The summed E-state index contributed by atoms with van der Waals surface area (Å²) < 4.78 is 0. The van der Waals surface area contributed by atoms with Crippen LogP contribution in [-0.4, -0.2) is 17.5 Å². The molecule has 0 radical (unpaired) electrons. The normalized spacial score (nSPS) is 28.0. The number of hydrogen-bond acceptors (Lipinski definition) is 2. The van der Waals surface area contributed by atoms with E-state index in [2.05, 4.69) is 13.2 Å². The topological polar surface area (TPSA) is 26.0 Å². The largest absolute Gasteiger partial charge is 0.346 e. The Labute approximate surface area is 105 Å². The molecular formula is C9H20NSU-. The minimum absolute atomic E-state index is 0. The quantitative estimate of drug-likeness (QED) is 0.670. The van der Waals surface area contributed by atoms with Gasteiger partial charge in [-0.15, -0.1) is 0 Å². The summed E-state index contributed by atoms with van der Waals surface area (Å²) in [4.78, 5) is 0. The Morgan fingerprint density at radius 3 is 2.25 bits per heavy atom. The summed E-state index contributed by atoms with van der Waals surface area (Å²) in [6, 6.07) is 0.496. The third-order valence-corrected chi connectivity index (χ3v) is 3.09. The Morgan fingerprint density at radius 2 is 1.92 bits per heavy atom. The van der Waals surface area contributed by atoms with Gasteiger partial charge in [-0.1, -0.05) is 6.42 Å². The Kier molecular flexibility index (Phi) is 13.8. The van der Waals surface area contributed by atoms with Crippen molar-refractivity contribution >= 4 is 11.8 Å². The molecule has 0 spiro atoms. The zero-order valence-electron chi connectivity index (χ0n) is 8.18. The van der Waals surface area contributed by atoms with Crippen LogP contribution in [-0.2, 0) is 0 Å². The average molecular weight is 412 g/mol. The van der Waals surface area contributed by atoms with Crippen LogP contribution >= 0.6 is 11.8 Å². The number of thioether (sulfide) groups is 1. The van der Waals surface area contributed by atoms with E-state index in [0.29, 0.717) is 6.04 Å². The standard InChI is InChI=1S/C7H15NS.C2H5.U/c1-9-7-4-2-3-6(8)5-7;1-2;/h6-7H,2-5,8H2,1H3;1H2,2H3;/q;-1;. The van der Waals surface area contributed by atoms with E-state index in [9.17, 15) is 0 Å². The Morgan fingerprint density at radius 1 is 1.33 bits per heavy atom. The van der Waals surface area contributed by atoms with E-state index in [1.54, 1.807) is 6.92 Å². The van der Waals surface area contributed by atoms with Crippen molar-refractivity contribution in [2.24, 2.45) is 5.73 Å². The van der Waals surface area contributed by atoms with Gasteiger partial charge >= 0.3 is 0 Å². The first-order valence-corrected chi connectivity index (χ1v) is 5.61.